The van der Waals surface area contributed by atoms with Gasteiger partial charge in [-0.15, -0.1) is 11.3 Å². The Morgan fingerprint density at radius 2 is 2.10 bits per heavy atom. The van der Waals surface area contributed by atoms with E-state index in [1.807, 2.05) is 13.8 Å². The summed E-state index contributed by atoms with van der Waals surface area (Å²) in [6.45, 7) is 6.74. The first kappa shape index (κ1) is 14.4. The second kappa shape index (κ2) is 6.42. The minimum Gasteiger partial charge on any atom is -0.369 e. The molecule has 0 bridgehead atoms. The third-order valence-corrected chi connectivity index (χ3v) is 3.66. The highest BCUT2D eigenvalue weighted by Crippen LogP contribution is 2.21. The number of nitrogens with one attached hydrogen (secondary N) is 2. The summed E-state index contributed by atoms with van der Waals surface area (Å²) in [6, 6.07) is 0. The predicted octanol–water partition coefficient (Wildman–Crippen LogP) is 2.62. The van der Waals surface area contributed by atoms with Gasteiger partial charge in [0.15, 0.2) is 5.13 Å². The van der Waals surface area contributed by atoms with Crippen molar-refractivity contribution in [1.29, 1.82) is 0 Å². The van der Waals surface area contributed by atoms with Crippen molar-refractivity contribution < 1.29 is 4.79 Å². The number of hydrogen-bond acceptors (Lipinski definition) is 6. The molecule has 106 valence electrons. The van der Waals surface area contributed by atoms with Crippen molar-refractivity contribution in [2.24, 2.45) is 0 Å². The monoisotopic (exact) mass is 291 g/mol. The van der Waals surface area contributed by atoms with Crippen LogP contribution in [0.15, 0.2) is 12.4 Å². The zero-order valence-corrected chi connectivity index (χ0v) is 12.5. The molecule has 6 nitrogen and oxygen atoms in total. The molecule has 0 saturated heterocycles. The quantitative estimate of drug-likeness (QED) is 0.885. The molecule has 2 aromatic rings. The van der Waals surface area contributed by atoms with E-state index in [1.165, 1.54) is 17.5 Å². The molecule has 2 rings (SSSR count). The Bertz CT molecular complexity index is 591. The fourth-order valence-corrected chi connectivity index (χ4v) is 2.31. The van der Waals surface area contributed by atoms with Gasteiger partial charge in [0, 0.05) is 11.4 Å². The SMILES string of the molecule is CCCNc1cncc(C(=O)Nc2nc(C)c(C)s2)n1. The van der Waals surface area contributed by atoms with Crippen molar-refractivity contribution in [1.82, 2.24) is 15.0 Å². The van der Waals surface area contributed by atoms with Crippen molar-refractivity contribution >= 4 is 28.2 Å². The molecule has 0 atom stereocenters. The number of rotatable bonds is 5. The predicted molar refractivity (Wildman–Crippen MR) is 80.4 cm³/mol. The number of nitrogens with zero attached hydrogens (tertiary/aromatic N) is 3. The zero-order chi connectivity index (χ0) is 14.5. The summed E-state index contributed by atoms with van der Waals surface area (Å²) in [7, 11) is 0. The van der Waals surface area contributed by atoms with E-state index < -0.39 is 0 Å². The number of thiazole rings is 1. The van der Waals surface area contributed by atoms with Crippen LogP contribution in [0.3, 0.4) is 0 Å². The molecule has 7 heteroatoms. The first-order chi connectivity index (χ1) is 9.60. The molecule has 0 aliphatic carbocycles. The topological polar surface area (TPSA) is 79.8 Å². The van der Waals surface area contributed by atoms with Crippen LogP contribution >= 0.6 is 11.3 Å². The second-order valence-electron chi connectivity index (χ2n) is 4.33. The van der Waals surface area contributed by atoms with Gasteiger partial charge in [-0.25, -0.2) is 9.97 Å². The molecule has 2 heterocycles. The fourth-order valence-electron chi connectivity index (χ4n) is 1.50. The Balaban J connectivity index is 2.08. The number of hydrogen-bond donors (Lipinski definition) is 2. The molecule has 0 radical (unpaired) electrons. The standard InChI is InChI=1S/C13H17N5OS/c1-4-5-15-11-7-14-6-10(17-11)12(19)18-13-16-8(2)9(3)20-13/h6-7H,4-5H2,1-3H3,(H,15,17)(H,16,18,19). The number of amides is 1. The van der Waals surface area contributed by atoms with Crippen molar-refractivity contribution in [3.05, 3.63) is 28.7 Å². The number of aromatic nitrogens is 3. The molecule has 0 saturated carbocycles. The van der Waals surface area contributed by atoms with Crippen LogP contribution < -0.4 is 10.6 Å². The van der Waals surface area contributed by atoms with E-state index in [1.54, 1.807) is 6.20 Å². The Morgan fingerprint density at radius 1 is 1.30 bits per heavy atom. The molecule has 0 aliphatic heterocycles. The molecule has 0 fully saturated rings. The third-order valence-electron chi connectivity index (χ3n) is 2.67. The zero-order valence-electron chi connectivity index (χ0n) is 11.7. The summed E-state index contributed by atoms with van der Waals surface area (Å²) in [4.78, 5) is 25.7. The summed E-state index contributed by atoms with van der Waals surface area (Å²) >= 11 is 1.45. The molecule has 2 N–H and O–H groups in total. The first-order valence-corrected chi connectivity index (χ1v) is 7.23. The molecule has 0 aliphatic rings. The lowest BCUT2D eigenvalue weighted by Crippen LogP contribution is -2.15. The number of aryl methyl sites for hydroxylation is 2. The van der Waals surface area contributed by atoms with Crippen LogP contribution in [-0.4, -0.2) is 27.4 Å². The van der Waals surface area contributed by atoms with Gasteiger partial charge in [0.2, 0.25) is 0 Å². The molecule has 2 aromatic heterocycles. The lowest BCUT2D eigenvalue weighted by atomic mass is 10.4. The van der Waals surface area contributed by atoms with Gasteiger partial charge in [-0.1, -0.05) is 6.92 Å². The van der Waals surface area contributed by atoms with Gasteiger partial charge in [0.25, 0.3) is 5.91 Å². The highest BCUT2D eigenvalue weighted by atomic mass is 32.1. The van der Waals surface area contributed by atoms with Gasteiger partial charge in [0.05, 0.1) is 18.1 Å². The van der Waals surface area contributed by atoms with Crippen molar-refractivity contribution in [2.45, 2.75) is 27.2 Å². The Labute approximate surface area is 121 Å². The molecule has 0 unspecified atom stereocenters. The largest absolute Gasteiger partial charge is 0.369 e. The molecular formula is C13H17N5OS. The molecule has 20 heavy (non-hydrogen) atoms. The van der Waals surface area contributed by atoms with Crippen LogP contribution in [0.1, 0.15) is 34.4 Å². The number of carbonyl (C=O) groups excluding carboxylic acids is 1. The van der Waals surface area contributed by atoms with Gasteiger partial charge >= 0.3 is 0 Å². The fraction of sp³-hybridized carbons (Fsp3) is 0.385. The molecule has 0 spiro atoms. The lowest BCUT2D eigenvalue weighted by molar-refractivity contribution is 0.102. The third kappa shape index (κ3) is 3.51. The maximum absolute atomic E-state index is 12.1. The van der Waals surface area contributed by atoms with Crippen LogP contribution in [0.2, 0.25) is 0 Å². The average molecular weight is 291 g/mol. The summed E-state index contributed by atoms with van der Waals surface area (Å²) in [5.41, 5.74) is 1.20. The minimum absolute atomic E-state index is 0.275. The van der Waals surface area contributed by atoms with E-state index in [0.29, 0.717) is 10.9 Å². The number of carbonyl (C=O) groups is 1. The van der Waals surface area contributed by atoms with Crippen molar-refractivity contribution in [2.75, 3.05) is 17.2 Å². The maximum atomic E-state index is 12.1. The smallest absolute Gasteiger partial charge is 0.277 e. The van der Waals surface area contributed by atoms with Crippen molar-refractivity contribution in [3.8, 4) is 0 Å². The van der Waals surface area contributed by atoms with E-state index in [4.69, 9.17) is 0 Å². The summed E-state index contributed by atoms with van der Waals surface area (Å²) in [5, 5.41) is 6.42. The van der Waals surface area contributed by atoms with Crippen LogP contribution in [0.5, 0.6) is 0 Å². The van der Waals surface area contributed by atoms with Gasteiger partial charge in [-0.05, 0) is 20.3 Å². The first-order valence-electron chi connectivity index (χ1n) is 6.41. The van der Waals surface area contributed by atoms with E-state index in [0.717, 1.165) is 23.5 Å². The Kier molecular flexibility index (Phi) is 4.62. The highest BCUT2D eigenvalue weighted by Gasteiger charge is 2.12. The Hall–Kier alpha value is -2.02. The molecule has 1 amide bonds. The van der Waals surface area contributed by atoms with Gasteiger partial charge in [-0.2, -0.15) is 0 Å². The van der Waals surface area contributed by atoms with Crippen LogP contribution in [0.25, 0.3) is 0 Å². The lowest BCUT2D eigenvalue weighted by Gasteiger charge is -2.05. The van der Waals surface area contributed by atoms with E-state index in [9.17, 15) is 4.79 Å². The highest BCUT2D eigenvalue weighted by molar-refractivity contribution is 7.15. The van der Waals surface area contributed by atoms with E-state index in [-0.39, 0.29) is 11.6 Å². The van der Waals surface area contributed by atoms with Crippen LogP contribution in [-0.2, 0) is 0 Å². The molecular weight excluding hydrogens is 274 g/mol. The van der Waals surface area contributed by atoms with Gasteiger partial charge in [-0.3, -0.25) is 15.1 Å². The Morgan fingerprint density at radius 3 is 2.75 bits per heavy atom. The minimum atomic E-state index is -0.300. The van der Waals surface area contributed by atoms with E-state index in [2.05, 4.69) is 32.5 Å². The summed E-state index contributed by atoms with van der Waals surface area (Å²) in [6.07, 6.45) is 4.03. The summed E-state index contributed by atoms with van der Waals surface area (Å²) in [5.74, 6) is 0.303. The van der Waals surface area contributed by atoms with Gasteiger partial charge < -0.3 is 5.32 Å². The summed E-state index contributed by atoms with van der Waals surface area (Å²) < 4.78 is 0. The van der Waals surface area contributed by atoms with Crippen LogP contribution in [0.4, 0.5) is 10.9 Å². The maximum Gasteiger partial charge on any atom is 0.277 e. The molecule has 0 aromatic carbocycles. The average Bonchev–Trinajstić information content (AvgIpc) is 2.75. The second-order valence-corrected chi connectivity index (χ2v) is 5.53. The van der Waals surface area contributed by atoms with Crippen LogP contribution in [0, 0.1) is 13.8 Å². The van der Waals surface area contributed by atoms with E-state index >= 15 is 0 Å². The van der Waals surface area contributed by atoms with Gasteiger partial charge in [0.1, 0.15) is 11.5 Å². The number of anilines is 2. The normalized spacial score (nSPS) is 10.3. The van der Waals surface area contributed by atoms with Crippen molar-refractivity contribution in [3.63, 3.8) is 0 Å².